The first kappa shape index (κ1) is 40.0. The van der Waals surface area contributed by atoms with Crippen molar-refractivity contribution in [2.75, 3.05) is 19.8 Å². The maximum Gasteiger partial charge on any atom is 0.864 e. The Balaban J connectivity index is 1.61. The van der Waals surface area contributed by atoms with Crippen LogP contribution in [0, 0.1) is 0 Å². The van der Waals surface area contributed by atoms with E-state index >= 15 is 0 Å². The molecule has 7 heteroatoms. The molecule has 0 aliphatic carbocycles. The summed E-state index contributed by atoms with van der Waals surface area (Å²) in [5, 5.41) is 0. The van der Waals surface area contributed by atoms with Crippen LogP contribution < -0.4 is 28.2 Å². The van der Waals surface area contributed by atoms with Gasteiger partial charge in [0.2, 0.25) is 0 Å². The van der Waals surface area contributed by atoms with Gasteiger partial charge in [-0.05, 0) is 55.7 Å². The molecule has 0 aliphatic rings. The first-order valence-electron chi connectivity index (χ1n) is 19.4. The van der Waals surface area contributed by atoms with Crippen molar-refractivity contribution >= 4 is 7.32 Å². The van der Waals surface area contributed by atoms with Gasteiger partial charge in [0.15, 0.2) is 0 Å². The molecule has 0 aromatic heterocycles. The second-order valence-electron chi connectivity index (χ2n) is 12.9. The van der Waals surface area contributed by atoms with Gasteiger partial charge in [-0.2, -0.15) is 0 Å². The molecule has 0 radical (unpaired) electrons. The molecular formula is C42H63BO6. The van der Waals surface area contributed by atoms with Crippen molar-refractivity contribution in [2.45, 2.75) is 136 Å². The molecule has 0 saturated carbocycles. The average molecular weight is 675 g/mol. The third-order valence-corrected chi connectivity index (χ3v) is 8.41. The molecule has 3 rings (SSSR count). The van der Waals surface area contributed by atoms with E-state index in [9.17, 15) is 0 Å². The van der Waals surface area contributed by atoms with Gasteiger partial charge >= 0.3 is 7.32 Å². The molecule has 0 atom stereocenters. The van der Waals surface area contributed by atoms with Crippen molar-refractivity contribution in [1.29, 1.82) is 0 Å². The van der Waals surface area contributed by atoms with E-state index < -0.39 is 7.32 Å². The van der Waals surface area contributed by atoms with Crippen LogP contribution in [0.2, 0.25) is 0 Å². The van der Waals surface area contributed by atoms with E-state index in [1.807, 2.05) is 72.8 Å². The van der Waals surface area contributed by atoms with E-state index in [2.05, 4.69) is 20.8 Å². The van der Waals surface area contributed by atoms with Gasteiger partial charge in [0, 0.05) is 18.2 Å². The summed E-state index contributed by atoms with van der Waals surface area (Å²) in [7, 11) is -1.06. The van der Waals surface area contributed by atoms with E-state index in [1.54, 1.807) is 0 Å². The van der Waals surface area contributed by atoms with Crippen molar-refractivity contribution in [3.8, 4) is 34.5 Å². The average Bonchev–Trinajstić information content (AvgIpc) is 3.11. The third-order valence-electron chi connectivity index (χ3n) is 8.41. The fraction of sp³-hybridized carbons (Fsp3) is 0.571. The van der Waals surface area contributed by atoms with E-state index in [-0.39, 0.29) is 0 Å². The van der Waals surface area contributed by atoms with Gasteiger partial charge in [0.25, 0.3) is 0 Å². The first-order valence-corrected chi connectivity index (χ1v) is 19.4. The second-order valence-corrected chi connectivity index (χ2v) is 12.9. The van der Waals surface area contributed by atoms with Crippen LogP contribution in [0.3, 0.4) is 0 Å². The molecule has 0 aliphatic heterocycles. The maximum absolute atomic E-state index is 6.30. The van der Waals surface area contributed by atoms with E-state index in [1.165, 1.54) is 96.3 Å². The Morgan fingerprint density at radius 2 is 0.612 bits per heavy atom. The van der Waals surface area contributed by atoms with Gasteiger partial charge in [-0.3, -0.25) is 0 Å². The van der Waals surface area contributed by atoms with Crippen LogP contribution in [0.1, 0.15) is 136 Å². The Morgan fingerprint density at radius 3 is 0.918 bits per heavy atom. The summed E-state index contributed by atoms with van der Waals surface area (Å²) in [5.74, 6) is 4.07. The van der Waals surface area contributed by atoms with Crippen LogP contribution in [-0.4, -0.2) is 27.1 Å². The first-order chi connectivity index (χ1) is 24.2. The molecule has 3 aromatic rings. The Labute approximate surface area is 298 Å². The molecule has 6 nitrogen and oxygen atoms in total. The van der Waals surface area contributed by atoms with Gasteiger partial charge in [0.1, 0.15) is 34.5 Å². The van der Waals surface area contributed by atoms with Crippen LogP contribution in [0.15, 0.2) is 72.8 Å². The SMILES string of the molecule is CCCCCCCCOc1cccc(OB(Oc2cccc(OCCCCCCCC)c2)Oc2cccc(OCCCCCCCC)c2)c1. The van der Waals surface area contributed by atoms with Crippen LogP contribution in [0.4, 0.5) is 0 Å². The predicted molar refractivity (Wildman–Crippen MR) is 204 cm³/mol. The van der Waals surface area contributed by atoms with Crippen molar-refractivity contribution < 1.29 is 28.2 Å². The largest absolute Gasteiger partial charge is 0.864 e. The number of rotatable bonds is 30. The lowest BCUT2D eigenvalue weighted by Crippen LogP contribution is -2.37. The normalized spacial score (nSPS) is 10.8. The lowest BCUT2D eigenvalue weighted by molar-refractivity contribution is 0.289. The minimum absolute atomic E-state index is 0.594. The number of unbranched alkanes of at least 4 members (excludes halogenated alkanes) is 15. The Kier molecular flexibility index (Phi) is 21.5. The quantitative estimate of drug-likeness (QED) is 0.0518. The Hall–Kier alpha value is -3.48. The van der Waals surface area contributed by atoms with Crippen molar-refractivity contribution in [3.63, 3.8) is 0 Å². The van der Waals surface area contributed by atoms with Crippen LogP contribution in [0.5, 0.6) is 34.5 Å². The fourth-order valence-electron chi connectivity index (χ4n) is 5.53. The number of benzene rings is 3. The summed E-state index contributed by atoms with van der Waals surface area (Å²) < 4.78 is 37.1. The third kappa shape index (κ3) is 18.8. The van der Waals surface area contributed by atoms with E-state index in [0.29, 0.717) is 37.1 Å². The number of hydrogen-bond donors (Lipinski definition) is 0. The zero-order chi connectivity index (χ0) is 34.6. The molecule has 0 heterocycles. The summed E-state index contributed by atoms with van der Waals surface area (Å²) in [6, 6.07) is 23.0. The van der Waals surface area contributed by atoms with Gasteiger partial charge < -0.3 is 28.2 Å². The minimum Gasteiger partial charge on any atom is -0.493 e. The highest BCUT2D eigenvalue weighted by Crippen LogP contribution is 2.26. The Morgan fingerprint density at radius 1 is 0.347 bits per heavy atom. The molecule has 0 spiro atoms. The highest BCUT2D eigenvalue weighted by Gasteiger charge is 2.31. The van der Waals surface area contributed by atoms with Crippen molar-refractivity contribution in [1.82, 2.24) is 0 Å². The van der Waals surface area contributed by atoms with Crippen LogP contribution >= 0.6 is 0 Å². The smallest absolute Gasteiger partial charge is 0.493 e. The lowest BCUT2D eigenvalue weighted by Gasteiger charge is -2.18. The van der Waals surface area contributed by atoms with Gasteiger partial charge in [-0.1, -0.05) is 135 Å². The lowest BCUT2D eigenvalue weighted by atomic mass is 10.1. The number of ether oxygens (including phenoxy) is 3. The topological polar surface area (TPSA) is 55.4 Å². The molecular weight excluding hydrogens is 611 g/mol. The zero-order valence-electron chi connectivity index (χ0n) is 30.8. The van der Waals surface area contributed by atoms with Crippen LogP contribution in [0.25, 0.3) is 0 Å². The van der Waals surface area contributed by atoms with Gasteiger partial charge in [0.05, 0.1) is 19.8 Å². The van der Waals surface area contributed by atoms with Crippen molar-refractivity contribution in [3.05, 3.63) is 72.8 Å². The molecule has 270 valence electrons. The van der Waals surface area contributed by atoms with Gasteiger partial charge in [-0.15, -0.1) is 0 Å². The zero-order valence-corrected chi connectivity index (χ0v) is 30.8. The summed E-state index contributed by atoms with van der Waals surface area (Å²) in [4.78, 5) is 0. The summed E-state index contributed by atoms with van der Waals surface area (Å²) in [5.41, 5.74) is 0. The highest BCUT2D eigenvalue weighted by atomic mass is 16.7. The molecule has 0 amide bonds. The molecule has 0 bridgehead atoms. The molecule has 0 N–H and O–H groups in total. The fourth-order valence-corrected chi connectivity index (χ4v) is 5.53. The standard InChI is InChI=1S/C42H63BO6/c1-4-7-10-13-16-19-31-44-37-25-22-28-40(34-37)47-43(48-41-29-23-26-38(35-41)45-32-20-17-14-11-8-5-2)49-42-30-24-27-39(36-42)46-33-21-18-15-12-9-6-3/h22-30,34-36H,4-21,31-33H2,1-3H3. The highest BCUT2D eigenvalue weighted by molar-refractivity contribution is 6.39. The molecule has 0 fully saturated rings. The van der Waals surface area contributed by atoms with Crippen LogP contribution in [-0.2, 0) is 0 Å². The van der Waals surface area contributed by atoms with E-state index in [4.69, 9.17) is 28.2 Å². The maximum atomic E-state index is 6.30. The van der Waals surface area contributed by atoms with Gasteiger partial charge in [-0.25, -0.2) is 0 Å². The molecule has 0 saturated heterocycles. The monoisotopic (exact) mass is 674 g/mol. The summed E-state index contributed by atoms with van der Waals surface area (Å²) >= 11 is 0. The second kappa shape index (κ2) is 26.4. The van der Waals surface area contributed by atoms with E-state index in [0.717, 1.165) is 36.5 Å². The minimum atomic E-state index is -1.06. The van der Waals surface area contributed by atoms with Crippen molar-refractivity contribution in [2.24, 2.45) is 0 Å². The molecule has 0 unspecified atom stereocenters. The molecule has 49 heavy (non-hydrogen) atoms. The molecule has 3 aromatic carbocycles. The Bertz CT molecular complexity index is 1090. The predicted octanol–water partition coefficient (Wildman–Crippen LogP) is 12.4. The summed E-state index contributed by atoms with van der Waals surface area (Å²) in [6.07, 6.45) is 22.0. The summed E-state index contributed by atoms with van der Waals surface area (Å²) in [6.45, 7) is 8.78. The number of hydrogen-bond acceptors (Lipinski definition) is 6.